The van der Waals surface area contributed by atoms with Crippen molar-refractivity contribution in [2.75, 3.05) is 31.0 Å². The van der Waals surface area contributed by atoms with E-state index in [1.165, 1.54) is 36.3 Å². The van der Waals surface area contributed by atoms with Crippen LogP contribution in [0.1, 0.15) is 38.2 Å². The highest BCUT2D eigenvalue weighted by Crippen LogP contribution is 2.49. The van der Waals surface area contributed by atoms with Crippen LogP contribution in [0.15, 0.2) is 72.8 Å². The van der Waals surface area contributed by atoms with Crippen molar-refractivity contribution in [1.82, 2.24) is 0 Å². The third kappa shape index (κ3) is 6.06. The maximum atomic E-state index is 14.8. The van der Waals surface area contributed by atoms with Gasteiger partial charge >= 0.3 is 5.97 Å². The second-order valence-electron chi connectivity index (χ2n) is 10.8. The lowest BCUT2D eigenvalue weighted by atomic mass is 9.87. The predicted molar refractivity (Wildman–Crippen MR) is 154 cm³/mol. The van der Waals surface area contributed by atoms with E-state index in [0.717, 1.165) is 42.5 Å². The molecule has 3 aromatic carbocycles. The average molecular weight is 528 g/mol. The molecule has 0 aromatic heterocycles. The average Bonchev–Trinajstić information content (AvgIpc) is 3.60. The summed E-state index contributed by atoms with van der Waals surface area (Å²) >= 11 is 0. The van der Waals surface area contributed by atoms with Crippen molar-refractivity contribution in [2.45, 2.75) is 32.2 Å². The third-order valence-electron chi connectivity index (χ3n) is 7.99. The molecule has 0 spiro atoms. The number of methoxy groups -OCH3 is 1. The number of halogens is 1. The fourth-order valence-electron chi connectivity index (χ4n) is 5.92. The lowest BCUT2D eigenvalue weighted by Crippen LogP contribution is -2.38. The van der Waals surface area contributed by atoms with Crippen LogP contribution in [0.25, 0.3) is 17.2 Å². The smallest absolute Gasteiger partial charge is 0.330 e. The zero-order valence-electron chi connectivity index (χ0n) is 23.6. The molecule has 2 bridgehead atoms. The first-order valence-electron chi connectivity index (χ1n) is 14.0. The summed E-state index contributed by atoms with van der Waals surface area (Å²) in [5.41, 5.74) is 4.53. The quantitative estimate of drug-likeness (QED) is 0.241. The van der Waals surface area contributed by atoms with E-state index in [0.29, 0.717) is 28.7 Å². The molecule has 2 aliphatic rings. The second kappa shape index (κ2) is 11.4. The molecule has 2 saturated carbocycles. The molecule has 202 valence electrons. The molecule has 3 aromatic rings. The van der Waals surface area contributed by atoms with Crippen molar-refractivity contribution in [2.24, 2.45) is 17.8 Å². The number of amides is 1. The summed E-state index contributed by atoms with van der Waals surface area (Å²) in [6, 6.07) is 20.1. The molecule has 2 aliphatic carbocycles. The minimum atomic E-state index is -1.06. The zero-order chi connectivity index (χ0) is 28.4. The van der Waals surface area contributed by atoms with Crippen molar-refractivity contribution in [1.29, 1.82) is 0 Å². The molecule has 0 N–H and O–H groups in total. The molecule has 0 aliphatic heterocycles. The molecule has 6 heteroatoms. The first-order chi connectivity index (χ1) is 19.2. The Bertz CT molecular complexity index is 1400. The number of rotatable bonds is 8. The van der Waals surface area contributed by atoms with Crippen LogP contribution < -0.4 is 9.80 Å². The summed E-state index contributed by atoms with van der Waals surface area (Å²) in [7, 11) is 5.27. The SMILES string of the molecule is [2H]C(c1ccc(-c2ccc(N(C)C)cc2)cc1)N(C(=O)C1C[C@H]2CC[C@@H]1C2)c1cc(F)cc(/C=C/C(=O)OC)c1. The number of carbonyl (C=O) groups excluding carboxylic acids is 2. The molecule has 2 unspecified atom stereocenters. The Kier molecular flexibility index (Phi) is 7.44. The van der Waals surface area contributed by atoms with E-state index in [-0.39, 0.29) is 11.8 Å². The van der Waals surface area contributed by atoms with Gasteiger partial charge in [0.1, 0.15) is 5.82 Å². The molecule has 0 radical (unpaired) electrons. The Morgan fingerprint density at radius 3 is 2.26 bits per heavy atom. The molecule has 39 heavy (non-hydrogen) atoms. The van der Waals surface area contributed by atoms with E-state index < -0.39 is 18.3 Å². The molecule has 1 amide bonds. The summed E-state index contributed by atoms with van der Waals surface area (Å²) in [6.07, 6.45) is 6.70. The Morgan fingerprint density at radius 2 is 1.67 bits per heavy atom. The maximum absolute atomic E-state index is 14.8. The number of hydrogen-bond donors (Lipinski definition) is 0. The number of ether oxygens (including phenoxy) is 1. The molecular weight excluding hydrogens is 491 g/mol. The first kappa shape index (κ1) is 25.4. The summed E-state index contributed by atoms with van der Waals surface area (Å²) in [4.78, 5) is 29.1. The van der Waals surface area contributed by atoms with Crippen LogP contribution in [0, 0.1) is 23.6 Å². The van der Waals surface area contributed by atoms with E-state index in [1.54, 1.807) is 6.07 Å². The minimum absolute atomic E-state index is 0.135. The van der Waals surface area contributed by atoms with Crippen LogP contribution in [0.5, 0.6) is 0 Å². The van der Waals surface area contributed by atoms with Crippen molar-refractivity contribution < 1.29 is 20.1 Å². The molecular formula is C33H35FN2O3. The maximum Gasteiger partial charge on any atom is 0.330 e. The summed E-state index contributed by atoms with van der Waals surface area (Å²) in [5.74, 6) is -0.546. The van der Waals surface area contributed by atoms with Gasteiger partial charge in [0.05, 0.1) is 15.0 Å². The van der Waals surface area contributed by atoms with Gasteiger partial charge in [-0.3, -0.25) is 4.79 Å². The van der Waals surface area contributed by atoms with Gasteiger partial charge in [-0.1, -0.05) is 42.8 Å². The number of carbonyl (C=O) groups is 2. The molecule has 4 atom stereocenters. The standard InChI is InChI=1S/C33H35FN2O3/c1-35(2)29-13-11-26(12-14-29)25-8-4-22(5-9-25)21-36(33(38)31-19-23-6-10-27(31)16-23)30-18-24(17-28(34)20-30)7-15-32(37)39-3/h4-5,7-9,11-15,17-18,20,23,27,31H,6,10,16,19,21H2,1-3H3/b15-7+/t23-,27+,31?/m0/s1/i21D/t21?,23-,27+,31?. The van der Waals surface area contributed by atoms with Crippen molar-refractivity contribution in [3.05, 3.63) is 89.8 Å². The topological polar surface area (TPSA) is 49.9 Å². The number of esters is 1. The number of hydrogen-bond acceptors (Lipinski definition) is 4. The third-order valence-corrected chi connectivity index (χ3v) is 7.99. The first-order valence-corrected chi connectivity index (χ1v) is 13.4. The lowest BCUT2D eigenvalue weighted by Gasteiger charge is -2.30. The molecule has 0 saturated heterocycles. The summed E-state index contributed by atoms with van der Waals surface area (Å²) in [6.45, 7) is -1.06. The Morgan fingerprint density at radius 1 is 0.974 bits per heavy atom. The van der Waals surface area contributed by atoms with Crippen LogP contribution >= 0.6 is 0 Å². The fraction of sp³-hybridized carbons (Fsp3) is 0.333. The Hall–Kier alpha value is -3.93. The minimum Gasteiger partial charge on any atom is -0.466 e. The van der Waals surface area contributed by atoms with E-state index in [4.69, 9.17) is 0 Å². The van der Waals surface area contributed by atoms with Gasteiger partial charge in [0, 0.05) is 37.5 Å². The van der Waals surface area contributed by atoms with Gasteiger partial charge in [-0.2, -0.15) is 0 Å². The molecule has 0 heterocycles. The van der Waals surface area contributed by atoms with E-state index >= 15 is 0 Å². The van der Waals surface area contributed by atoms with Crippen LogP contribution in [-0.2, 0) is 20.8 Å². The molecule has 5 rings (SSSR count). The van der Waals surface area contributed by atoms with Gasteiger partial charge < -0.3 is 14.5 Å². The van der Waals surface area contributed by atoms with Gasteiger partial charge in [-0.25, -0.2) is 9.18 Å². The summed E-state index contributed by atoms with van der Waals surface area (Å²) in [5, 5.41) is 0. The van der Waals surface area contributed by atoms with E-state index in [2.05, 4.69) is 29.0 Å². The Balaban J connectivity index is 1.47. The molecule has 2 fully saturated rings. The van der Waals surface area contributed by atoms with Crippen LogP contribution in [0.4, 0.5) is 15.8 Å². The van der Waals surface area contributed by atoms with Gasteiger partial charge in [0.25, 0.3) is 0 Å². The predicted octanol–water partition coefficient (Wildman–Crippen LogP) is 6.71. The fourth-order valence-corrected chi connectivity index (χ4v) is 5.92. The number of anilines is 2. The monoisotopic (exact) mass is 527 g/mol. The van der Waals surface area contributed by atoms with Crippen LogP contribution in [-0.4, -0.2) is 33.1 Å². The van der Waals surface area contributed by atoms with Gasteiger partial charge in [0.15, 0.2) is 0 Å². The summed E-state index contributed by atoms with van der Waals surface area (Å²) < 4.78 is 28.7. The number of benzene rings is 3. The normalized spacial score (nSPS) is 21.0. The number of nitrogens with zero attached hydrogens (tertiary/aromatic N) is 2. The second-order valence-corrected chi connectivity index (χ2v) is 10.8. The number of fused-ring (bicyclic) bond motifs is 2. The van der Waals surface area contributed by atoms with E-state index in [9.17, 15) is 15.4 Å². The lowest BCUT2D eigenvalue weighted by molar-refractivity contribution is -0.134. The van der Waals surface area contributed by atoms with Crippen molar-refractivity contribution in [3.8, 4) is 11.1 Å². The molecule has 5 nitrogen and oxygen atoms in total. The van der Waals surface area contributed by atoms with E-state index in [1.807, 2.05) is 43.3 Å². The zero-order valence-corrected chi connectivity index (χ0v) is 22.6. The highest BCUT2D eigenvalue weighted by molar-refractivity contribution is 5.96. The van der Waals surface area contributed by atoms with Gasteiger partial charge in [-0.15, -0.1) is 0 Å². The van der Waals surface area contributed by atoms with Crippen molar-refractivity contribution in [3.63, 3.8) is 0 Å². The highest BCUT2D eigenvalue weighted by atomic mass is 19.1. The largest absolute Gasteiger partial charge is 0.466 e. The van der Waals surface area contributed by atoms with Crippen LogP contribution in [0.3, 0.4) is 0 Å². The highest BCUT2D eigenvalue weighted by Gasteiger charge is 2.44. The van der Waals surface area contributed by atoms with Gasteiger partial charge in [0.2, 0.25) is 5.91 Å². The van der Waals surface area contributed by atoms with Gasteiger partial charge in [-0.05, 0) is 89.8 Å². The Labute approximate surface area is 231 Å². The van der Waals surface area contributed by atoms with Crippen molar-refractivity contribution >= 4 is 29.3 Å². The van der Waals surface area contributed by atoms with Crippen LogP contribution in [0.2, 0.25) is 0 Å².